The number of morpholine rings is 1. The fraction of sp³-hybridized carbons (Fsp3) is 0.316. The quantitative estimate of drug-likeness (QED) is 0.641. The number of hydrogen-bond acceptors (Lipinski definition) is 5. The lowest BCUT2D eigenvalue weighted by molar-refractivity contribution is -0.0166. The normalized spacial score (nSPS) is 17.6. The van der Waals surface area contributed by atoms with Crippen LogP contribution in [-0.4, -0.2) is 65.5 Å². The summed E-state index contributed by atoms with van der Waals surface area (Å²) in [6.45, 7) is 2.78. The molecule has 8 nitrogen and oxygen atoms in total. The topological polar surface area (TPSA) is 95.2 Å². The van der Waals surface area contributed by atoms with E-state index in [2.05, 4.69) is 30.7 Å². The van der Waals surface area contributed by atoms with Crippen LogP contribution in [0, 0.1) is 5.82 Å². The van der Waals surface area contributed by atoms with Gasteiger partial charge < -0.3 is 15.0 Å². The van der Waals surface area contributed by atoms with Gasteiger partial charge in [0.1, 0.15) is 17.3 Å². The number of anilines is 1. The van der Waals surface area contributed by atoms with Crippen molar-refractivity contribution in [3.63, 3.8) is 0 Å². The van der Waals surface area contributed by atoms with Gasteiger partial charge in [0, 0.05) is 42.8 Å². The van der Waals surface area contributed by atoms with Gasteiger partial charge in [-0.3, -0.25) is 10.4 Å². The van der Waals surface area contributed by atoms with Gasteiger partial charge >= 0.3 is 6.03 Å². The van der Waals surface area contributed by atoms with Crippen molar-refractivity contribution in [1.29, 1.82) is 0 Å². The monoisotopic (exact) mass is 384 g/mol. The summed E-state index contributed by atoms with van der Waals surface area (Å²) in [7, 11) is 2.03. The number of aromatic nitrogens is 3. The van der Waals surface area contributed by atoms with E-state index in [0.717, 1.165) is 29.6 Å². The summed E-state index contributed by atoms with van der Waals surface area (Å²) >= 11 is 0. The van der Waals surface area contributed by atoms with Crippen LogP contribution in [0.4, 0.5) is 15.0 Å². The van der Waals surface area contributed by atoms with Crippen LogP contribution in [0.25, 0.3) is 22.2 Å². The van der Waals surface area contributed by atoms with Gasteiger partial charge in [0.15, 0.2) is 0 Å². The highest BCUT2D eigenvalue weighted by molar-refractivity contribution is 5.95. The zero-order chi connectivity index (χ0) is 19.5. The first kappa shape index (κ1) is 18.3. The third-order valence-electron chi connectivity index (χ3n) is 4.64. The molecule has 2 amide bonds. The number of H-pyrrole nitrogens is 1. The van der Waals surface area contributed by atoms with Crippen molar-refractivity contribution >= 4 is 22.8 Å². The third-order valence-corrected chi connectivity index (χ3v) is 4.64. The molecule has 1 saturated heterocycles. The van der Waals surface area contributed by atoms with E-state index in [9.17, 15) is 9.18 Å². The number of hydrogen-bond donors (Lipinski definition) is 3. The zero-order valence-electron chi connectivity index (χ0n) is 15.4. The average Bonchev–Trinajstić information content (AvgIpc) is 3.10. The van der Waals surface area contributed by atoms with Crippen molar-refractivity contribution in [2.24, 2.45) is 0 Å². The number of carbonyl (C=O) groups is 1. The van der Waals surface area contributed by atoms with Crippen LogP contribution in [0.1, 0.15) is 0 Å². The van der Waals surface area contributed by atoms with E-state index in [4.69, 9.17) is 4.74 Å². The number of halogens is 1. The molecule has 3 aromatic rings. The van der Waals surface area contributed by atoms with Gasteiger partial charge in [0.05, 0.1) is 18.2 Å². The Labute approximate surface area is 161 Å². The zero-order valence-corrected chi connectivity index (χ0v) is 15.4. The molecule has 1 unspecified atom stereocenters. The maximum Gasteiger partial charge on any atom is 0.320 e. The first-order valence-corrected chi connectivity index (χ1v) is 9.03. The molecule has 0 aliphatic carbocycles. The number of urea groups is 1. The average molecular weight is 384 g/mol. The number of amides is 2. The minimum Gasteiger partial charge on any atom is -0.374 e. The number of likely N-dealkylation sites (N-methyl/N-ethyl adjacent to an activating group) is 1. The van der Waals surface area contributed by atoms with E-state index in [-0.39, 0.29) is 18.0 Å². The van der Waals surface area contributed by atoms with Crippen LogP contribution < -0.4 is 10.6 Å². The third kappa shape index (κ3) is 4.10. The van der Waals surface area contributed by atoms with Gasteiger partial charge in [-0.1, -0.05) is 0 Å². The molecule has 1 aliphatic heterocycles. The molecule has 0 radical (unpaired) electrons. The number of benzene rings is 1. The first-order valence-electron chi connectivity index (χ1n) is 9.03. The van der Waals surface area contributed by atoms with Crippen molar-refractivity contribution in [2.75, 3.05) is 38.6 Å². The number of nitrogens with one attached hydrogen (secondary N) is 3. The Kier molecular flexibility index (Phi) is 5.18. The molecule has 146 valence electrons. The predicted octanol–water partition coefficient (Wildman–Crippen LogP) is 2.22. The molecule has 2 aromatic heterocycles. The molecule has 1 fully saturated rings. The Morgan fingerprint density at radius 2 is 2.21 bits per heavy atom. The summed E-state index contributed by atoms with van der Waals surface area (Å²) in [5.41, 5.74) is 2.18. The number of nitrogens with zero attached hydrogens (tertiary/aromatic N) is 3. The van der Waals surface area contributed by atoms with Crippen molar-refractivity contribution < 1.29 is 13.9 Å². The standard InChI is InChI=1S/C19H21FN6O2/c1-26-6-7-28-14(11-26)9-22-19(27)23-17-8-16-15(10-21-17)18(25-24-16)12-2-4-13(20)5-3-12/h2-5,8,10,14H,6-7,9,11H2,1H3,(H,24,25)(H2,21,22,23,27). The second kappa shape index (κ2) is 7.91. The SMILES string of the molecule is CN1CCOC(CNC(=O)Nc2cc3[nH]nc(-c4ccc(F)cc4)c3cn2)C1. The van der Waals surface area contributed by atoms with Crippen LogP contribution >= 0.6 is 0 Å². The van der Waals surface area contributed by atoms with E-state index in [1.165, 1.54) is 12.1 Å². The Morgan fingerprint density at radius 1 is 1.39 bits per heavy atom. The highest BCUT2D eigenvalue weighted by Crippen LogP contribution is 2.26. The molecule has 0 spiro atoms. The maximum atomic E-state index is 13.1. The van der Waals surface area contributed by atoms with Gasteiger partial charge in [-0.25, -0.2) is 14.2 Å². The van der Waals surface area contributed by atoms with Gasteiger partial charge in [0.25, 0.3) is 0 Å². The number of rotatable bonds is 4. The molecule has 1 aromatic carbocycles. The molecule has 0 bridgehead atoms. The molecule has 9 heteroatoms. The molecule has 28 heavy (non-hydrogen) atoms. The summed E-state index contributed by atoms with van der Waals surface area (Å²) in [5.74, 6) is 0.102. The van der Waals surface area contributed by atoms with E-state index in [1.807, 2.05) is 7.05 Å². The summed E-state index contributed by atoms with van der Waals surface area (Å²) in [5, 5.41) is 13.5. The summed E-state index contributed by atoms with van der Waals surface area (Å²) in [6.07, 6.45) is 1.61. The molecule has 3 heterocycles. The van der Waals surface area contributed by atoms with E-state index >= 15 is 0 Å². The molecule has 1 aliphatic rings. The minimum atomic E-state index is -0.345. The van der Waals surface area contributed by atoms with Gasteiger partial charge in [0.2, 0.25) is 0 Å². The first-order chi connectivity index (χ1) is 13.6. The maximum absolute atomic E-state index is 13.1. The molecule has 4 rings (SSSR count). The molecule has 0 saturated carbocycles. The Hall–Kier alpha value is -3.04. The van der Waals surface area contributed by atoms with E-state index in [0.29, 0.717) is 24.7 Å². The van der Waals surface area contributed by atoms with Crippen LogP contribution in [0.15, 0.2) is 36.5 Å². The fourth-order valence-electron chi connectivity index (χ4n) is 3.17. The van der Waals surface area contributed by atoms with Gasteiger partial charge in [-0.05, 0) is 31.3 Å². The molecular formula is C19H21FN6O2. The van der Waals surface area contributed by atoms with Crippen molar-refractivity contribution in [2.45, 2.75) is 6.10 Å². The molecule has 1 atom stereocenters. The van der Waals surface area contributed by atoms with Gasteiger partial charge in [-0.15, -0.1) is 0 Å². The van der Waals surface area contributed by atoms with Crippen molar-refractivity contribution in [3.05, 3.63) is 42.3 Å². The number of fused-ring (bicyclic) bond motifs is 1. The second-order valence-corrected chi connectivity index (χ2v) is 6.78. The molecular weight excluding hydrogens is 363 g/mol. The lowest BCUT2D eigenvalue weighted by Crippen LogP contribution is -2.46. The van der Waals surface area contributed by atoms with E-state index in [1.54, 1.807) is 24.4 Å². The predicted molar refractivity (Wildman–Crippen MR) is 104 cm³/mol. The van der Waals surface area contributed by atoms with Crippen molar-refractivity contribution in [1.82, 2.24) is 25.4 Å². The lowest BCUT2D eigenvalue weighted by Gasteiger charge is -2.30. The van der Waals surface area contributed by atoms with Crippen LogP contribution in [-0.2, 0) is 4.74 Å². The Morgan fingerprint density at radius 3 is 3.00 bits per heavy atom. The van der Waals surface area contributed by atoms with Crippen LogP contribution in [0.2, 0.25) is 0 Å². The largest absolute Gasteiger partial charge is 0.374 e. The van der Waals surface area contributed by atoms with Gasteiger partial charge in [-0.2, -0.15) is 5.10 Å². The summed E-state index contributed by atoms with van der Waals surface area (Å²) < 4.78 is 18.7. The summed E-state index contributed by atoms with van der Waals surface area (Å²) in [6, 6.07) is 7.46. The minimum absolute atomic E-state index is 0.0224. The number of pyridine rings is 1. The Bertz CT molecular complexity index is 974. The van der Waals surface area contributed by atoms with Crippen LogP contribution in [0.3, 0.4) is 0 Å². The van der Waals surface area contributed by atoms with Crippen LogP contribution in [0.5, 0.6) is 0 Å². The van der Waals surface area contributed by atoms with Crippen molar-refractivity contribution in [3.8, 4) is 11.3 Å². The smallest absolute Gasteiger partial charge is 0.320 e. The van der Waals surface area contributed by atoms with E-state index < -0.39 is 0 Å². The number of ether oxygens (including phenoxy) is 1. The highest BCUT2D eigenvalue weighted by atomic mass is 19.1. The second-order valence-electron chi connectivity index (χ2n) is 6.78. The number of aromatic amines is 1. The lowest BCUT2D eigenvalue weighted by atomic mass is 10.1. The fourth-order valence-corrected chi connectivity index (χ4v) is 3.17. The molecule has 3 N–H and O–H groups in total. The summed E-state index contributed by atoms with van der Waals surface area (Å²) in [4.78, 5) is 18.6. The highest BCUT2D eigenvalue weighted by Gasteiger charge is 2.18. The number of carbonyl (C=O) groups excluding carboxylic acids is 1. The Balaban J connectivity index is 1.41.